The monoisotopic (exact) mass is 1600 g/mol. The Bertz CT molecular complexity index is 7730. The lowest BCUT2D eigenvalue weighted by Crippen LogP contribution is -2.00. The van der Waals surface area contributed by atoms with Gasteiger partial charge in [-0.2, -0.15) is 0 Å². The van der Waals surface area contributed by atoms with Gasteiger partial charge in [0.1, 0.15) is 0 Å². The van der Waals surface area contributed by atoms with Gasteiger partial charge in [0.15, 0.2) is 23.3 Å². The number of hydrogen-bond donors (Lipinski definition) is 0. The summed E-state index contributed by atoms with van der Waals surface area (Å²) < 4.78 is 4.73. The van der Waals surface area contributed by atoms with Crippen LogP contribution < -0.4 is 0 Å². The lowest BCUT2D eigenvalue weighted by molar-refractivity contribution is 1.07. The fraction of sp³-hybridized carbons (Fsp3) is 0. The largest absolute Gasteiger partial charge is 0.309 e. The van der Waals surface area contributed by atoms with Crippen LogP contribution in [0, 0.1) is 0 Å². The molecule has 23 rings (SSSR count). The van der Waals surface area contributed by atoms with Crippen molar-refractivity contribution in [1.29, 1.82) is 0 Å². The fourth-order valence-corrected chi connectivity index (χ4v) is 19.8. The van der Waals surface area contributed by atoms with E-state index in [1.54, 1.807) is 0 Å². The molecule has 0 radical (unpaired) electrons. The Balaban J connectivity index is 0.000000150. The van der Waals surface area contributed by atoms with E-state index in [0.717, 1.165) is 106 Å². The van der Waals surface area contributed by atoms with Crippen molar-refractivity contribution < 1.29 is 0 Å². The minimum Gasteiger partial charge on any atom is -0.309 e. The number of para-hydroxylation sites is 4. The lowest BCUT2D eigenvalue weighted by atomic mass is 9.95. The van der Waals surface area contributed by atoms with Gasteiger partial charge < -0.3 is 4.57 Å². The van der Waals surface area contributed by atoms with Gasteiger partial charge in [0.05, 0.1) is 54.2 Å². The predicted molar refractivity (Wildman–Crippen MR) is 514 cm³/mol. The van der Waals surface area contributed by atoms with Gasteiger partial charge in [0.2, 0.25) is 0 Å². The third-order valence-corrected chi connectivity index (χ3v) is 25.5. The first-order valence-corrected chi connectivity index (χ1v) is 42.9. The average molecular weight is 1610 g/mol. The van der Waals surface area contributed by atoms with Crippen LogP contribution in [-0.4, -0.2) is 39.5 Å². The maximum absolute atomic E-state index is 5.36. The second-order valence-corrected chi connectivity index (χ2v) is 32.6. The van der Waals surface area contributed by atoms with Crippen LogP contribution in [0.25, 0.3) is 225 Å². The minimum absolute atomic E-state index is 0.640. The molecule has 123 heavy (non-hydrogen) atoms. The van der Waals surface area contributed by atoms with E-state index in [9.17, 15) is 0 Å². The summed E-state index contributed by atoms with van der Waals surface area (Å²) in [6.07, 6.45) is 0. The number of aromatic nitrogens is 8. The van der Waals surface area contributed by atoms with Crippen LogP contribution in [-0.2, 0) is 0 Å². The molecule has 10 heteroatoms. The van der Waals surface area contributed by atoms with Crippen LogP contribution in [0.2, 0.25) is 0 Å². The van der Waals surface area contributed by atoms with Crippen LogP contribution in [0.1, 0.15) is 0 Å². The molecule has 576 valence electrons. The zero-order valence-electron chi connectivity index (χ0n) is 66.5. The van der Waals surface area contributed by atoms with E-state index in [2.05, 4.69) is 362 Å². The molecule has 23 aromatic rings. The Morgan fingerprint density at radius 2 is 0.472 bits per heavy atom. The van der Waals surface area contributed by atoms with Crippen LogP contribution >= 0.6 is 22.7 Å². The first-order chi connectivity index (χ1) is 61.0. The minimum atomic E-state index is 0.640. The van der Waals surface area contributed by atoms with Crippen molar-refractivity contribution in [1.82, 2.24) is 39.5 Å². The second kappa shape index (κ2) is 32.1. The van der Waals surface area contributed by atoms with Gasteiger partial charge in [0, 0.05) is 103 Å². The number of fused-ring (bicyclic) bond motifs is 9. The SMILES string of the molecule is c1ccc(-c2nc(-c3ccc(-c4ccc(-c5nc6ccccc6c6c(-c7ccccc7)c(-c7ccccc7)sc56)cc4)cc3)cc(-c3cccc(-n4c5ccccc5c5ccccc54)c3)n2)cc1.c1ccc(-c2nc(-c3ccccc3)nc(-c3ccc(-c4ccc(-c5nc6ccccc6c6c(-c7ccccc7)c(-c7ccccc7)sc56)cc4)cc3)n2)cc1. The first kappa shape index (κ1) is 73.5. The number of nitrogens with zero attached hydrogens (tertiary/aromatic N) is 8. The molecular formula is C113H72N8S2. The van der Waals surface area contributed by atoms with Crippen LogP contribution in [0.4, 0.5) is 0 Å². The molecule has 0 aliphatic carbocycles. The quantitative estimate of drug-likeness (QED) is 0.101. The molecule has 0 saturated heterocycles. The van der Waals surface area contributed by atoms with Crippen molar-refractivity contribution in [2.24, 2.45) is 0 Å². The van der Waals surface area contributed by atoms with Gasteiger partial charge in [-0.3, -0.25) is 0 Å². The molecule has 0 saturated carbocycles. The summed E-state index contributed by atoms with van der Waals surface area (Å²) >= 11 is 3.66. The van der Waals surface area contributed by atoms with Crippen LogP contribution in [0.3, 0.4) is 0 Å². The summed E-state index contributed by atoms with van der Waals surface area (Å²) in [4.78, 5) is 38.2. The Morgan fingerprint density at radius 1 is 0.187 bits per heavy atom. The first-order valence-electron chi connectivity index (χ1n) is 41.2. The van der Waals surface area contributed by atoms with Gasteiger partial charge in [-0.15, -0.1) is 22.7 Å². The summed E-state index contributed by atoms with van der Waals surface area (Å²) in [5.41, 5.74) is 29.0. The van der Waals surface area contributed by atoms with E-state index < -0.39 is 0 Å². The molecule has 0 N–H and O–H groups in total. The molecule has 0 fully saturated rings. The van der Waals surface area contributed by atoms with Gasteiger partial charge >= 0.3 is 0 Å². The summed E-state index contributed by atoms with van der Waals surface area (Å²) in [6.45, 7) is 0. The molecule has 0 unspecified atom stereocenters. The number of benzene rings is 16. The van der Waals surface area contributed by atoms with Crippen molar-refractivity contribution in [2.45, 2.75) is 0 Å². The van der Waals surface area contributed by atoms with Crippen molar-refractivity contribution >= 4 is 86.5 Å². The molecule has 0 amide bonds. The highest BCUT2D eigenvalue weighted by molar-refractivity contribution is 7.24. The summed E-state index contributed by atoms with van der Waals surface area (Å²) in [7, 11) is 0. The number of rotatable bonds is 15. The topological polar surface area (TPSA) is 95.2 Å². The average Bonchev–Trinajstić information content (AvgIpc) is 1.59. The molecule has 0 aliphatic heterocycles. The van der Waals surface area contributed by atoms with Crippen LogP contribution in [0.5, 0.6) is 0 Å². The van der Waals surface area contributed by atoms with E-state index in [1.165, 1.54) is 95.9 Å². The second-order valence-electron chi connectivity index (χ2n) is 30.5. The van der Waals surface area contributed by atoms with Gasteiger partial charge in [-0.1, -0.05) is 394 Å². The van der Waals surface area contributed by atoms with E-state index >= 15 is 0 Å². The summed E-state index contributed by atoms with van der Waals surface area (Å²) in [6, 6.07) is 153. The molecule has 0 bridgehead atoms. The maximum Gasteiger partial charge on any atom is 0.164 e. The van der Waals surface area contributed by atoms with E-state index in [-0.39, 0.29) is 0 Å². The summed E-state index contributed by atoms with van der Waals surface area (Å²) in [5, 5.41) is 7.31. The van der Waals surface area contributed by atoms with Crippen LogP contribution in [0.15, 0.2) is 437 Å². The van der Waals surface area contributed by atoms with Gasteiger partial charge in [0.25, 0.3) is 0 Å². The van der Waals surface area contributed by atoms with E-state index in [1.807, 2.05) is 102 Å². The zero-order valence-corrected chi connectivity index (χ0v) is 68.1. The number of pyridine rings is 2. The molecule has 8 nitrogen and oxygen atoms in total. The predicted octanol–water partition coefficient (Wildman–Crippen LogP) is 30.3. The Kier molecular flexibility index (Phi) is 19.2. The normalized spacial score (nSPS) is 11.4. The van der Waals surface area contributed by atoms with Gasteiger partial charge in [-0.25, -0.2) is 34.9 Å². The third-order valence-electron chi connectivity index (χ3n) is 23.0. The standard InChI is InChI=1S/C63H40N4S.C50H32N4S/c1-4-17-44(18-5-1)58-59-52-27-10-13-28-53(52)64-60(62(59)68-61(58)46-19-6-2-7-20-46)45-37-33-42(34-38-45)41-31-35-43(36-32-41)54-40-55(66-63(65-54)47-21-8-3-9-22-47)48-23-16-24-49(39-48)67-56-29-14-11-25-50(56)51-26-12-15-30-57(51)67;1-5-15-35(16-6-1)43-44-41-23-13-14-24-42(41)51-45(47(44)55-46(43)37-17-7-2-8-18-37)36-29-25-33(26-30-36)34-27-31-40(32-28-34)50-53-48(38-19-9-3-10-20-38)52-49(54-50)39-21-11-4-12-22-39/h1-40H;1-32H. The molecular weight excluding hydrogens is 1530 g/mol. The fourth-order valence-electron chi connectivity index (χ4n) is 17.0. The highest BCUT2D eigenvalue weighted by Gasteiger charge is 2.26. The van der Waals surface area contributed by atoms with Crippen molar-refractivity contribution in [3.05, 3.63) is 437 Å². The van der Waals surface area contributed by atoms with Crippen molar-refractivity contribution in [3.63, 3.8) is 0 Å². The van der Waals surface area contributed by atoms with E-state index in [0.29, 0.717) is 23.3 Å². The van der Waals surface area contributed by atoms with E-state index in [4.69, 9.17) is 34.9 Å². The Morgan fingerprint density at radius 3 is 0.862 bits per heavy atom. The highest BCUT2D eigenvalue weighted by Crippen LogP contribution is 2.53. The zero-order chi connectivity index (χ0) is 81.5. The highest BCUT2D eigenvalue weighted by atomic mass is 32.1. The number of thiophene rings is 2. The Labute approximate surface area is 719 Å². The van der Waals surface area contributed by atoms with Crippen molar-refractivity contribution in [3.8, 4) is 162 Å². The maximum atomic E-state index is 5.36. The molecule has 0 aliphatic rings. The molecule has 16 aromatic carbocycles. The molecule has 7 aromatic heterocycles. The lowest BCUT2D eigenvalue weighted by Gasteiger charge is -2.12. The molecule has 0 spiro atoms. The molecule has 0 atom stereocenters. The van der Waals surface area contributed by atoms with Gasteiger partial charge in [-0.05, 0) is 87.0 Å². The number of hydrogen-bond acceptors (Lipinski definition) is 9. The smallest absolute Gasteiger partial charge is 0.164 e. The van der Waals surface area contributed by atoms with Crippen molar-refractivity contribution in [2.75, 3.05) is 0 Å². The summed E-state index contributed by atoms with van der Waals surface area (Å²) in [5.74, 6) is 2.63. The third kappa shape index (κ3) is 14.1. The Hall–Kier alpha value is -15.9. The molecule has 7 heterocycles.